The third kappa shape index (κ3) is 9.72. The van der Waals surface area contributed by atoms with E-state index in [-0.39, 0.29) is 0 Å². The lowest BCUT2D eigenvalue weighted by Gasteiger charge is -2.06. The van der Waals surface area contributed by atoms with Gasteiger partial charge in [0.05, 0.1) is 7.11 Å². The van der Waals surface area contributed by atoms with Gasteiger partial charge in [0.2, 0.25) is 10.4 Å². The molecule has 1 rings (SSSR count). The van der Waals surface area contributed by atoms with Gasteiger partial charge in [0.25, 0.3) is 0 Å². The van der Waals surface area contributed by atoms with Gasteiger partial charge in [0.15, 0.2) is 0 Å². The lowest BCUT2D eigenvalue weighted by molar-refractivity contribution is -0.442. The smallest absolute Gasteiger partial charge is 0.215 e. The summed E-state index contributed by atoms with van der Waals surface area (Å²) in [5.41, 5.74) is 4.08. The summed E-state index contributed by atoms with van der Waals surface area (Å²) < 4.78 is 38.0. The van der Waals surface area contributed by atoms with Gasteiger partial charge in [0, 0.05) is 6.54 Å². The average Bonchev–Trinajstić information content (AvgIpc) is 2.24. The van der Waals surface area contributed by atoms with E-state index in [4.69, 9.17) is 22.3 Å². The number of benzene rings is 1. The molecule has 8 heteroatoms. The molecule has 0 unspecified atom stereocenters. The fourth-order valence-electron chi connectivity index (χ4n) is 1.13. The molecule has 0 heterocycles. The zero-order chi connectivity index (χ0) is 13.3. The predicted octanol–water partition coefficient (Wildman–Crippen LogP) is -1.01. The van der Waals surface area contributed by atoms with Crippen LogP contribution in [0.4, 0.5) is 0 Å². The van der Waals surface area contributed by atoms with Crippen molar-refractivity contribution >= 4 is 10.4 Å². The van der Waals surface area contributed by atoms with Crippen molar-refractivity contribution in [1.29, 1.82) is 0 Å². The zero-order valence-corrected chi connectivity index (χ0v) is 10.2. The Bertz CT molecular complexity index is 413. The van der Waals surface area contributed by atoms with Crippen molar-refractivity contribution in [2.45, 2.75) is 6.42 Å². The molecule has 0 aliphatic rings. The van der Waals surface area contributed by atoms with Crippen molar-refractivity contribution in [2.75, 3.05) is 13.7 Å². The van der Waals surface area contributed by atoms with Crippen LogP contribution in [0.25, 0.3) is 0 Å². The summed E-state index contributed by atoms with van der Waals surface area (Å²) in [6, 6.07) is 8.02. The molecule has 5 N–H and O–H groups in total. The first-order valence-electron chi connectivity index (χ1n) is 4.68. The largest absolute Gasteiger partial charge is 0.726 e. The van der Waals surface area contributed by atoms with E-state index in [1.165, 1.54) is 5.56 Å². The van der Waals surface area contributed by atoms with E-state index in [1.54, 1.807) is 7.11 Å². The number of methoxy groups -OCH3 is 1. The van der Waals surface area contributed by atoms with Crippen LogP contribution in [0, 0.1) is 0 Å². The van der Waals surface area contributed by atoms with Crippen LogP contribution in [0.5, 0.6) is 5.75 Å². The summed E-state index contributed by atoms with van der Waals surface area (Å²) in [7, 11) is -3.23. The van der Waals surface area contributed by atoms with Crippen LogP contribution in [-0.4, -0.2) is 31.2 Å². The zero-order valence-electron chi connectivity index (χ0n) is 9.42. The normalized spacial score (nSPS) is 10.4. The Kier molecular flexibility index (Phi) is 7.42. The molecule has 0 bridgehead atoms. The maximum atomic E-state index is 8.63. The van der Waals surface area contributed by atoms with Gasteiger partial charge in [0.1, 0.15) is 5.75 Å². The quantitative estimate of drug-likeness (QED) is 0.363. The van der Waals surface area contributed by atoms with E-state index in [9.17, 15) is 0 Å². The van der Waals surface area contributed by atoms with Crippen LogP contribution in [0.1, 0.15) is 5.56 Å². The molecule has 0 aromatic heterocycles. The molecule has 0 amide bonds. The maximum Gasteiger partial charge on any atom is 0.215 e. The summed E-state index contributed by atoms with van der Waals surface area (Å²) in [6.45, 7) is 0.875. The summed E-state index contributed by atoms with van der Waals surface area (Å²) in [5, 5.41) is 0. The van der Waals surface area contributed by atoms with Crippen LogP contribution >= 0.6 is 0 Å². The van der Waals surface area contributed by atoms with Crippen LogP contribution in [-0.2, 0) is 16.8 Å². The highest BCUT2D eigenvalue weighted by Gasteiger charge is 1.99. The molecule has 17 heavy (non-hydrogen) atoms. The summed E-state index contributed by atoms with van der Waals surface area (Å²) in [4.78, 5) is 0. The van der Waals surface area contributed by atoms with E-state index in [0.29, 0.717) is 0 Å². The molecule has 0 saturated heterocycles. The molecule has 0 fully saturated rings. The first-order chi connectivity index (χ1) is 7.88. The Morgan fingerprint density at radius 1 is 1.47 bits per heavy atom. The summed E-state index contributed by atoms with van der Waals surface area (Å²) in [5.74, 6) is 4.52. The molecule has 7 nitrogen and oxygen atoms in total. The molecule has 1 aromatic carbocycles. The second kappa shape index (κ2) is 7.98. The van der Waals surface area contributed by atoms with Crippen LogP contribution < -0.4 is 16.0 Å². The Morgan fingerprint density at radius 2 is 2.00 bits per heavy atom. The lowest BCUT2D eigenvalue weighted by atomic mass is 10.1. The summed E-state index contributed by atoms with van der Waals surface area (Å²) >= 11 is 0. The molecule has 1 aromatic rings. The third-order valence-corrected chi connectivity index (χ3v) is 1.76. The topological polar surface area (TPSA) is 126 Å². The third-order valence-electron chi connectivity index (χ3n) is 1.76. The van der Waals surface area contributed by atoms with Gasteiger partial charge >= 0.3 is 0 Å². The van der Waals surface area contributed by atoms with Crippen molar-refractivity contribution in [1.82, 2.24) is 5.43 Å². The number of rotatable bonds is 4. The number of para-hydroxylation sites is 1. The fourth-order valence-corrected chi connectivity index (χ4v) is 1.13. The molecule has 0 atom stereocenters. The van der Waals surface area contributed by atoms with E-state index < -0.39 is 10.4 Å². The number of nitrogens with one attached hydrogen (secondary N) is 1. The molecule has 0 radical (unpaired) electrons. The molecular weight excluding hydrogens is 248 g/mol. The van der Waals surface area contributed by atoms with Crippen molar-refractivity contribution in [3.8, 4) is 5.75 Å². The molecule has 0 spiro atoms. The van der Waals surface area contributed by atoms with Crippen LogP contribution in [0.15, 0.2) is 24.3 Å². The molecule has 0 saturated carbocycles. The molecule has 0 aliphatic carbocycles. The Labute approximate surface area is 100 Å². The minimum absolute atomic E-state index is 0.875. The van der Waals surface area contributed by atoms with Gasteiger partial charge in [-0.05, 0) is 18.1 Å². The van der Waals surface area contributed by atoms with Gasteiger partial charge in [-0.15, -0.1) is 0 Å². The number of quaternary nitrogens is 1. The maximum absolute atomic E-state index is 8.63. The van der Waals surface area contributed by atoms with Crippen molar-refractivity contribution in [3.63, 3.8) is 0 Å². The number of ether oxygens (including phenoxy) is 1. The number of hydrogen-bond acceptors (Lipinski definition) is 5. The van der Waals surface area contributed by atoms with Crippen molar-refractivity contribution in [3.05, 3.63) is 29.8 Å². The van der Waals surface area contributed by atoms with E-state index in [0.717, 1.165) is 18.7 Å². The minimum Gasteiger partial charge on any atom is -0.726 e. The van der Waals surface area contributed by atoms with Gasteiger partial charge in [-0.25, -0.2) is 8.42 Å². The van der Waals surface area contributed by atoms with E-state index in [2.05, 4.69) is 17.3 Å². The van der Waals surface area contributed by atoms with Gasteiger partial charge in [-0.2, -0.15) is 5.43 Å². The molecular formula is C9H16N2O5S. The fraction of sp³-hybridized carbons (Fsp3) is 0.333. The highest BCUT2D eigenvalue weighted by Crippen LogP contribution is 2.16. The van der Waals surface area contributed by atoms with Crippen molar-refractivity contribution in [2.24, 2.45) is 0 Å². The predicted molar refractivity (Wildman–Crippen MR) is 59.9 cm³/mol. The summed E-state index contributed by atoms with van der Waals surface area (Å²) in [6.07, 6.45) is 0.952. The van der Waals surface area contributed by atoms with Crippen molar-refractivity contribution < 1.29 is 28.1 Å². The molecule has 0 aliphatic heterocycles. The standard InChI is InChI=1S/C9H14N2O.H2O4S/c1-12-9-5-3-2-4-8(9)6-7-11-10;1-5(2,3)4/h2-5,11H,6-7,10H2,1H3;(H2,1,2,3,4). The monoisotopic (exact) mass is 264 g/mol. The Balaban J connectivity index is 0.000000437. The van der Waals surface area contributed by atoms with Gasteiger partial charge in [-0.1, -0.05) is 18.2 Å². The highest BCUT2D eigenvalue weighted by molar-refractivity contribution is 7.79. The van der Waals surface area contributed by atoms with Gasteiger partial charge in [-0.3, -0.25) is 10.4 Å². The van der Waals surface area contributed by atoms with E-state index >= 15 is 0 Å². The van der Waals surface area contributed by atoms with Gasteiger partial charge < -0.3 is 9.29 Å². The number of hydrogen-bond donors (Lipinski definition) is 3. The van der Waals surface area contributed by atoms with E-state index in [1.807, 2.05) is 18.2 Å². The Morgan fingerprint density at radius 3 is 2.47 bits per heavy atom. The second-order valence-corrected chi connectivity index (χ2v) is 3.85. The van der Waals surface area contributed by atoms with Crippen LogP contribution in [0.3, 0.4) is 0 Å². The van der Waals surface area contributed by atoms with Crippen LogP contribution in [0.2, 0.25) is 0 Å². The SMILES string of the molecule is COc1ccccc1CCN[NH3+].O=S(=O)([O-])O. The highest BCUT2D eigenvalue weighted by atomic mass is 32.3. The first kappa shape index (κ1) is 15.8. The Hall–Kier alpha value is -1.19. The average molecular weight is 264 g/mol. The second-order valence-electron chi connectivity index (χ2n) is 2.99. The minimum atomic E-state index is -4.92. The first-order valence-corrected chi connectivity index (χ1v) is 6.05. The lowest BCUT2D eigenvalue weighted by Crippen LogP contribution is -2.65. The molecule has 98 valence electrons.